The van der Waals surface area contributed by atoms with E-state index in [1.807, 2.05) is 12.1 Å². The maximum Gasteiger partial charge on any atom is 0.127 e. The van der Waals surface area contributed by atoms with Crippen molar-refractivity contribution in [1.82, 2.24) is 9.80 Å². The van der Waals surface area contributed by atoms with Gasteiger partial charge in [0, 0.05) is 31.8 Å². The van der Waals surface area contributed by atoms with Crippen LogP contribution in [0.4, 0.5) is 4.39 Å². The highest BCUT2D eigenvalue weighted by molar-refractivity contribution is 5.18. The molecule has 2 aliphatic rings. The number of halogens is 1. The summed E-state index contributed by atoms with van der Waals surface area (Å²) in [5.74, 6) is 0.548. The van der Waals surface area contributed by atoms with Gasteiger partial charge in [-0.05, 0) is 45.5 Å². The fourth-order valence-electron chi connectivity index (χ4n) is 3.65. The van der Waals surface area contributed by atoms with Gasteiger partial charge in [0.1, 0.15) is 5.82 Å². The van der Waals surface area contributed by atoms with E-state index in [4.69, 9.17) is 4.74 Å². The van der Waals surface area contributed by atoms with Crippen molar-refractivity contribution < 1.29 is 9.13 Å². The number of likely N-dealkylation sites (tertiary alicyclic amines) is 1. The van der Waals surface area contributed by atoms with Crippen LogP contribution >= 0.6 is 0 Å². The molecule has 0 saturated carbocycles. The molecule has 0 amide bonds. The van der Waals surface area contributed by atoms with Gasteiger partial charge in [-0.1, -0.05) is 18.2 Å². The Morgan fingerprint density at radius 2 is 2.10 bits per heavy atom. The van der Waals surface area contributed by atoms with Gasteiger partial charge in [-0.15, -0.1) is 0 Å². The maximum absolute atomic E-state index is 13.7. The van der Waals surface area contributed by atoms with Crippen molar-refractivity contribution in [3.05, 3.63) is 35.6 Å². The molecule has 2 saturated heterocycles. The summed E-state index contributed by atoms with van der Waals surface area (Å²) in [5, 5.41) is 0. The molecule has 2 heterocycles. The van der Waals surface area contributed by atoms with Crippen LogP contribution in [0.1, 0.15) is 18.4 Å². The summed E-state index contributed by atoms with van der Waals surface area (Å²) >= 11 is 0. The summed E-state index contributed by atoms with van der Waals surface area (Å²) in [6.07, 6.45) is 2.36. The number of hydrogen-bond donors (Lipinski definition) is 0. The standard InChI is InChI=1S/C17H25FN2O/c1-19(2)9-7-15-8-10-21-17(15)12-20(13-17)11-14-5-3-4-6-16(14)18/h3-6,15H,7-13H2,1-2H3. The second-order valence-electron chi connectivity index (χ2n) is 6.73. The van der Waals surface area contributed by atoms with E-state index in [0.717, 1.165) is 31.8 Å². The van der Waals surface area contributed by atoms with E-state index in [-0.39, 0.29) is 11.4 Å². The molecule has 0 radical (unpaired) electrons. The molecule has 0 aromatic heterocycles. The molecule has 3 nitrogen and oxygen atoms in total. The summed E-state index contributed by atoms with van der Waals surface area (Å²) in [6.45, 7) is 4.58. The Morgan fingerprint density at radius 1 is 1.33 bits per heavy atom. The molecule has 1 atom stereocenters. The van der Waals surface area contributed by atoms with Crippen LogP contribution in [0.25, 0.3) is 0 Å². The van der Waals surface area contributed by atoms with Crippen molar-refractivity contribution in [3.63, 3.8) is 0 Å². The predicted molar refractivity (Wildman–Crippen MR) is 81.6 cm³/mol. The summed E-state index contributed by atoms with van der Waals surface area (Å²) < 4.78 is 19.8. The minimum Gasteiger partial charge on any atom is -0.372 e. The van der Waals surface area contributed by atoms with Crippen molar-refractivity contribution in [2.75, 3.05) is 40.3 Å². The second-order valence-corrected chi connectivity index (χ2v) is 6.73. The normalized spacial score (nSPS) is 24.7. The van der Waals surface area contributed by atoms with Crippen LogP contribution in [0, 0.1) is 11.7 Å². The molecule has 0 aliphatic carbocycles. The van der Waals surface area contributed by atoms with E-state index in [1.165, 1.54) is 18.9 Å². The molecule has 1 spiro atoms. The Bertz CT molecular complexity index is 485. The van der Waals surface area contributed by atoms with E-state index in [9.17, 15) is 4.39 Å². The molecule has 116 valence electrons. The van der Waals surface area contributed by atoms with Crippen molar-refractivity contribution in [2.45, 2.75) is 25.0 Å². The molecule has 0 N–H and O–H groups in total. The molecule has 1 aromatic carbocycles. The third kappa shape index (κ3) is 3.12. The van der Waals surface area contributed by atoms with Crippen molar-refractivity contribution in [3.8, 4) is 0 Å². The third-order valence-electron chi connectivity index (χ3n) is 4.86. The molecule has 3 rings (SSSR count). The first kappa shape index (κ1) is 14.9. The number of nitrogens with zero attached hydrogens (tertiary/aromatic N) is 2. The average molecular weight is 292 g/mol. The van der Waals surface area contributed by atoms with Gasteiger partial charge in [0.15, 0.2) is 0 Å². The quantitative estimate of drug-likeness (QED) is 0.828. The van der Waals surface area contributed by atoms with Crippen LogP contribution in [-0.4, -0.2) is 55.7 Å². The van der Waals surface area contributed by atoms with Gasteiger partial charge < -0.3 is 9.64 Å². The lowest BCUT2D eigenvalue weighted by atomic mass is 9.78. The zero-order valence-corrected chi connectivity index (χ0v) is 13.0. The zero-order chi connectivity index (χ0) is 14.9. The molecular weight excluding hydrogens is 267 g/mol. The Morgan fingerprint density at radius 3 is 2.81 bits per heavy atom. The lowest BCUT2D eigenvalue weighted by Gasteiger charge is -2.50. The zero-order valence-electron chi connectivity index (χ0n) is 13.0. The van der Waals surface area contributed by atoms with Crippen LogP contribution in [0.5, 0.6) is 0 Å². The van der Waals surface area contributed by atoms with E-state index in [0.29, 0.717) is 12.5 Å². The van der Waals surface area contributed by atoms with Crippen molar-refractivity contribution in [2.24, 2.45) is 5.92 Å². The number of ether oxygens (including phenoxy) is 1. The number of hydrogen-bond acceptors (Lipinski definition) is 3. The molecule has 2 aliphatic heterocycles. The summed E-state index contributed by atoms with van der Waals surface area (Å²) in [7, 11) is 4.24. The summed E-state index contributed by atoms with van der Waals surface area (Å²) in [4.78, 5) is 4.54. The van der Waals surface area contributed by atoms with Crippen molar-refractivity contribution in [1.29, 1.82) is 0 Å². The lowest BCUT2D eigenvalue weighted by molar-refractivity contribution is -0.137. The predicted octanol–water partition coefficient (Wildman–Crippen LogP) is 2.37. The molecule has 2 fully saturated rings. The topological polar surface area (TPSA) is 15.7 Å². The minimum atomic E-state index is -0.102. The number of rotatable bonds is 5. The fourth-order valence-corrected chi connectivity index (χ4v) is 3.65. The van der Waals surface area contributed by atoms with E-state index >= 15 is 0 Å². The molecule has 1 unspecified atom stereocenters. The Labute approximate surface area is 126 Å². The van der Waals surface area contributed by atoms with Gasteiger partial charge in [0.2, 0.25) is 0 Å². The molecule has 4 heteroatoms. The van der Waals surface area contributed by atoms with E-state index in [2.05, 4.69) is 23.9 Å². The molecule has 21 heavy (non-hydrogen) atoms. The highest BCUT2D eigenvalue weighted by Gasteiger charge is 2.52. The minimum absolute atomic E-state index is 0.0429. The average Bonchev–Trinajstić information content (AvgIpc) is 2.82. The third-order valence-corrected chi connectivity index (χ3v) is 4.86. The first-order valence-electron chi connectivity index (χ1n) is 7.83. The molecule has 1 aromatic rings. The summed E-state index contributed by atoms with van der Waals surface area (Å²) in [5.41, 5.74) is 0.830. The first-order valence-corrected chi connectivity index (χ1v) is 7.83. The lowest BCUT2D eigenvalue weighted by Crippen LogP contribution is -2.64. The smallest absolute Gasteiger partial charge is 0.127 e. The van der Waals surface area contributed by atoms with Crippen LogP contribution in [0.3, 0.4) is 0 Å². The first-order chi connectivity index (χ1) is 10.1. The van der Waals surface area contributed by atoms with Crippen LogP contribution in [-0.2, 0) is 11.3 Å². The highest BCUT2D eigenvalue weighted by atomic mass is 19.1. The monoisotopic (exact) mass is 292 g/mol. The summed E-state index contributed by atoms with van der Waals surface area (Å²) in [6, 6.07) is 7.06. The second kappa shape index (κ2) is 6.03. The largest absolute Gasteiger partial charge is 0.372 e. The van der Waals surface area contributed by atoms with E-state index < -0.39 is 0 Å². The number of benzene rings is 1. The van der Waals surface area contributed by atoms with Gasteiger partial charge in [-0.3, -0.25) is 4.90 Å². The van der Waals surface area contributed by atoms with Crippen molar-refractivity contribution >= 4 is 0 Å². The maximum atomic E-state index is 13.7. The van der Waals surface area contributed by atoms with Gasteiger partial charge in [-0.25, -0.2) is 4.39 Å². The molecular formula is C17H25FN2O. The Balaban J connectivity index is 1.55. The van der Waals surface area contributed by atoms with E-state index in [1.54, 1.807) is 6.07 Å². The SMILES string of the molecule is CN(C)CCC1CCOC12CN(Cc1ccccc1F)C2. The molecule has 0 bridgehead atoms. The highest BCUT2D eigenvalue weighted by Crippen LogP contribution is 2.42. The van der Waals surface area contributed by atoms with Crippen LogP contribution in [0.15, 0.2) is 24.3 Å². The Hall–Kier alpha value is -0.970. The van der Waals surface area contributed by atoms with Gasteiger partial charge in [0.25, 0.3) is 0 Å². The Kier molecular flexibility index (Phi) is 4.29. The van der Waals surface area contributed by atoms with Gasteiger partial charge >= 0.3 is 0 Å². The van der Waals surface area contributed by atoms with Gasteiger partial charge in [-0.2, -0.15) is 0 Å². The fraction of sp³-hybridized carbons (Fsp3) is 0.647. The van der Waals surface area contributed by atoms with Crippen LogP contribution in [0.2, 0.25) is 0 Å². The van der Waals surface area contributed by atoms with Crippen LogP contribution < -0.4 is 0 Å². The van der Waals surface area contributed by atoms with Gasteiger partial charge in [0.05, 0.1) is 5.60 Å².